The van der Waals surface area contributed by atoms with Gasteiger partial charge >= 0.3 is 5.97 Å². The first kappa shape index (κ1) is 11.6. The number of ether oxygens (including phenoxy) is 2. The molecule has 0 radical (unpaired) electrons. The molecule has 0 unspecified atom stereocenters. The second kappa shape index (κ2) is 6.13. The third-order valence-electron chi connectivity index (χ3n) is 1.74. The first-order chi connectivity index (χ1) is 7.26. The number of methoxy groups -OCH3 is 1. The van der Waals surface area contributed by atoms with Gasteiger partial charge in [-0.25, -0.2) is 4.68 Å². The van der Waals surface area contributed by atoms with Crippen molar-refractivity contribution in [1.82, 2.24) is 15.0 Å². The number of carbonyl (C=O) groups is 1. The summed E-state index contributed by atoms with van der Waals surface area (Å²) in [5.41, 5.74) is 0.807. The smallest absolute Gasteiger partial charge is 0.327 e. The van der Waals surface area contributed by atoms with E-state index in [0.717, 1.165) is 5.69 Å². The molecule has 0 amide bonds. The van der Waals surface area contributed by atoms with Gasteiger partial charge in [-0.3, -0.25) is 4.79 Å². The van der Waals surface area contributed by atoms with Crippen LogP contribution in [0.4, 0.5) is 0 Å². The summed E-state index contributed by atoms with van der Waals surface area (Å²) in [4.78, 5) is 11.1. The van der Waals surface area contributed by atoms with E-state index in [9.17, 15) is 4.79 Å². The highest BCUT2D eigenvalue weighted by Crippen LogP contribution is 1.95. The highest BCUT2D eigenvalue weighted by molar-refractivity contribution is 5.68. The summed E-state index contributed by atoms with van der Waals surface area (Å²) in [5.74, 6) is -0.305. The maximum Gasteiger partial charge on any atom is 0.327 e. The van der Waals surface area contributed by atoms with Crippen molar-refractivity contribution in [1.29, 1.82) is 0 Å². The van der Waals surface area contributed by atoms with Gasteiger partial charge in [-0.05, 0) is 6.92 Å². The van der Waals surface area contributed by atoms with E-state index in [4.69, 9.17) is 9.47 Å². The van der Waals surface area contributed by atoms with Crippen molar-refractivity contribution in [2.24, 2.45) is 0 Å². The SMILES string of the molecule is CCOC(=O)Cn1cc(CCOC)nn1. The molecule has 1 heterocycles. The van der Waals surface area contributed by atoms with Gasteiger partial charge in [0, 0.05) is 19.7 Å². The Morgan fingerprint density at radius 2 is 2.40 bits per heavy atom. The van der Waals surface area contributed by atoms with Crippen LogP contribution in [0.5, 0.6) is 0 Å². The normalized spacial score (nSPS) is 10.3. The molecular weight excluding hydrogens is 198 g/mol. The number of hydrogen-bond acceptors (Lipinski definition) is 5. The lowest BCUT2D eigenvalue weighted by molar-refractivity contribution is -0.144. The number of rotatable bonds is 6. The summed E-state index contributed by atoms with van der Waals surface area (Å²) < 4.78 is 11.2. The molecule has 0 aliphatic heterocycles. The average Bonchev–Trinajstić information content (AvgIpc) is 2.63. The molecule has 1 aromatic heterocycles. The van der Waals surface area contributed by atoms with Gasteiger partial charge in [0.2, 0.25) is 0 Å². The Morgan fingerprint density at radius 3 is 3.07 bits per heavy atom. The van der Waals surface area contributed by atoms with Gasteiger partial charge in [-0.1, -0.05) is 5.21 Å². The fraction of sp³-hybridized carbons (Fsp3) is 0.667. The van der Waals surface area contributed by atoms with Gasteiger partial charge in [0.15, 0.2) is 0 Å². The molecule has 0 N–H and O–H groups in total. The van der Waals surface area contributed by atoms with Crippen LogP contribution in [0.1, 0.15) is 12.6 Å². The third kappa shape index (κ3) is 4.07. The van der Waals surface area contributed by atoms with Gasteiger partial charge in [-0.2, -0.15) is 0 Å². The first-order valence-corrected chi connectivity index (χ1v) is 4.79. The first-order valence-electron chi connectivity index (χ1n) is 4.79. The molecule has 0 aliphatic rings. The third-order valence-corrected chi connectivity index (χ3v) is 1.74. The molecule has 0 bridgehead atoms. The molecule has 0 saturated heterocycles. The molecule has 0 aromatic carbocycles. The molecule has 0 fully saturated rings. The van der Waals surface area contributed by atoms with Crippen molar-refractivity contribution in [2.45, 2.75) is 19.9 Å². The molecule has 6 heteroatoms. The van der Waals surface area contributed by atoms with Crippen molar-refractivity contribution >= 4 is 5.97 Å². The molecule has 84 valence electrons. The maximum absolute atomic E-state index is 11.1. The van der Waals surface area contributed by atoms with Crippen molar-refractivity contribution in [2.75, 3.05) is 20.3 Å². The molecule has 0 saturated carbocycles. The van der Waals surface area contributed by atoms with Gasteiger partial charge < -0.3 is 9.47 Å². The van der Waals surface area contributed by atoms with E-state index in [-0.39, 0.29) is 12.5 Å². The van der Waals surface area contributed by atoms with Crippen LogP contribution in [0.2, 0.25) is 0 Å². The van der Waals surface area contributed by atoms with Gasteiger partial charge in [0.05, 0.1) is 18.9 Å². The van der Waals surface area contributed by atoms with Crippen molar-refractivity contribution in [3.05, 3.63) is 11.9 Å². The highest BCUT2D eigenvalue weighted by Gasteiger charge is 2.05. The predicted molar refractivity (Wildman–Crippen MR) is 52.2 cm³/mol. The van der Waals surface area contributed by atoms with Crippen LogP contribution in [-0.4, -0.2) is 41.3 Å². The van der Waals surface area contributed by atoms with Crippen LogP contribution in [0.3, 0.4) is 0 Å². The van der Waals surface area contributed by atoms with E-state index in [2.05, 4.69) is 10.3 Å². The fourth-order valence-corrected chi connectivity index (χ4v) is 1.08. The zero-order valence-electron chi connectivity index (χ0n) is 8.97. The van der Waals surface area contributed by atoms with Crippen LogP contribution in [-0.2, 0) is 27.2 Å². The van der Waals surface area contributed by atoms with Crippen molar-refractivity contribution in [3.8, 4) is 0 Å². The van der Waals surface area contributed by atoms with Gasteiger partial charge in [0.1, 0.15) is 6.54 Å². The molecule has 0 spiro atoms. The zero-order valence-corrected chi connectivity index (χ0v) is 8.97. The zero-order chi connectivity index (χ0) is 11.1. The highest BCUT2D eigenvalue weighted by atomic mass is 16.5. The van der Waals surface area contributed by atoms with Gasteiger partial charge in [-0.15, -0.1) is 5.10 Å². The topological polar surface area (TPSA) is 66.2 Å². The minimum absolute atomic E-state index is 0.105. The molecule has 6 nitrogen and oxygen atoms in total. The minimum atomic E-state index is -0.305. The maximum atomic E-state index is 11.1. The summed E-state index contributed by atoms with van der Waals surface area (Å²) in [6.07, 6.45) is 2.41. The Bertz CT molecular complexity index is 311. The molecule has 15 heavy (non-hydrogen) atoms. The monoisotopic (exact) mass is 213 g/mol. The van der Waals surface area contributed by atoms with Crippen LogP contribution < -0.4 is 0 Å². The fourth-order valence-electron chi connectivity index (χ4n) is 1.08. The minimum Gasteiger partial charge on any atom is -0.465 e. The molecule has 0 atom stereocenters. The largest absolute Gasteiger partial charge is 0.465 e. The van der Waals surface area contributed by atoms with E-state index >= 15 is 0 Å². The molecule has 1 aromatic rings. The number of nitrogens with zero attached hydrogens (tertiary/aromatic N) is 3. The Hall–Kier alpha value is -1.43. The summed E-state index contributed by atoms with van der Waals surface area (Å²) in [6.45, 7) is 2.85. The van der Waals surface area contributed by atoms with E-state index < -0.39 is 0 Å². The quantitative estimate of drug-likeness (QED) is 0.624. The van der Waals surface area contributed by atoms with Crippen LogP contribution in [0, 0.1) is 0 Å². The number of aromatic nitrogens is 3. The summed E-state index contributed by atoms with van der Waals surface area (Å²) in [7, 11) is 1.63. The van der Waals surface area contributed by atoms with Crippen LogP contribution >= 0.6 is 0 Å². The van der Waals surface area contributed by atoms with Crippen LogP contribution in [0.25, 0.3) is 0 Å². The number of hydrogen-bond donors (Lipinski definition) is 0. The Kier molecular flexibility index (Phi) is 4.76. The summed E-state index contributed by atoms with van der Waals surface area (Å²) in [6, 6.07) is 0. The molecular formula is C9H15N3O3. The van der Waals surface area contributed by atoms with E-state index in [1.807, 2.05) is 0 Å². The lowest BCUT2D eigenvalue weighted by Crippen LogP contribution is -2.13. The van der Waals surface area contributed by atoms with Crippen LogP contribution in [0.15, 0.2) is 6.20 Å². The van der Waals surface area contributed by atoms with Crippen molar-refractivity contribution in [3.63, 3.8) is 0 Å². The van der Waals surface area contributed by atoms with E-state index in [1.165, 1.54) is 4.68 Å². The van der Waals surface area contributed by atoms with E-state index in [0.29, 0.717) is 19.6 Å². The van der Waals surface area contributed by atoms with Crippen molar-refractivity contribution < 1.29 is 14.3 Å². The van der Waals surface area contributed by atoms with E-state index in [1.54, 1.807) is 20.2 Å². The Labute approximate surface area is 88.2 Å². The molecule has 0 aliphatic carbocycles. The lowest BCUT2D eigenvalue weighted by Gasteiger charge is -1.99. The summed E-state index contributed by atoms with van der Waals surface area (Å²) in [5, 5.41) is 7.69. The number of carbonyl (C=O) groups excluding carboxylic acids is 1. The number of esters is 1. The molecule has 1 rings (SSSR count). The summed E-state index contributed by atoms with van der Waals surface area (Å²) >= 11 is 0. The standard InChI is InChI=1S/C9H15N3O3/c1-3-15-9(13)7-12-6-8(10-11-12)4-5-14-2/h6H,3-5,7H2,1-2H3. The second-order valence-corrected chi connectivity index (χ2v) is 2.96. The van der Waals surface area contributed by atoms with Gasteiger partial charge in [0.25, 0.3) is 0 Å². The average molecular weight is 213 g/mol. The lowest BCUT2D eigenvalue weighted by atomic mass is 10.3. The second-order valence-electron chi connectivity index (χ2n) is 2.96. The predicted octanol–water partition coefficient (Wildman–Crippen LogP) is 0.0301. The Morgan fingerprint density at radius 1 is 1.60 bits per heavy atom. The Balaban J connectivity index is 2.42.